The average Bonchev–Trinajstić information content (AvgIpc) is 2.71. The van der Waals surface area contributed by atoms with E-state index >= 15 is 0 Å². The Morgan fingerprint density at radius 1 is 1.38 bits per heavy atom. The monoisotopic (exact) mass is 217 g/mol. The van der Waals surface area contributed by atoms with Crippen LogP contribution in [0.25, 0.3) is 10.9 Å². The van der Waals surface area contributed by atoms with Crippen LogP contribution in [0.1, 0.15) is 12.5 Å². The van der Waals surface area contributed by atoms with Crippen LogP contribution >= 0.6 is 0 Å². The molecule has 2 aromatic rings. The van der Waals surface area contributed by atoms with Crippen LogP contribution in [0.3, 0.4) is 0 Å². The molecule has 1 heterocycles. The van der Waals surface area contributed by atoms with Gasteiger partial charge in [-0.3, -0.25) is 4.79 Å². The number of hydrogen-bond acceptors (Lipinski definition) is 2. The fraction of sp³-hybridized carbons (Fsp3) is 0.308. The quantitative estimate of drug-likeness (QED) is 0.739. The maximum atomic E-state index is 11.2. The molecule has 0 amide bonds. The van der Waals surface area contributed by atoms with E-state index < -0.39 is 0 Å². The largest absolute Gasteiger partial charge is 0.469 e. The number of esters is 1. The minimum atomic E-state index is -0.200. The van der Waals surface area contributed by atoms with Gasteiger partial charge < -0.3 is 9.30 Å². The first-order valence-electron chi connectivity index (χ1n) is 5.39. The Bertz CT molecular complexity index is 514. The van der Waals surface area contributed by atoms with E-state index in [1.165, 1.54) is 18.0 Å². The van der Waals surface area contributed by atoms with Crippen LogP contribution in [0.15, 0.2) is 30.5 Å². The lowest BCUT2D eigenvalue weighted by Gasteiger charge is -2.03. The predicted molar refractivity (Wildman–Crippen MR) is 63.3 cm³/mol. The van der Waals surface area contributed by atoms with Crippen molar-refractivity contribution >= 4 is 16.9 Å². The lowest BCUT2D eigenvalue weighted by molar-refractivity contribution is -0.139. The zero-order valence-corrected chi connectivity index (χ0v) is 9.56. The zero-order valence-electron chi connectivity index (χ0n) is 9.56. The van der Waals surface area contributed by atoms with E-state index in [1.54, 1.807) is 0 Å². The van der Waals surface area contributed by atoms with E-state index in [4.69, 9.17) is 0 Å². The summed E-state index contributed by atoms with van der Waals surface area (Å²) in [7, 11) is 1.41. The number of rotatable bonds is 3. The molecule has 0 aliphatic heterocycles. The summed E-state index contributed by atoms with van der Waals surface area (Å²) < 4.78 is 6.83. The summed E-state index contributed by atoms with van der Waals surface area (Å²) in [5, 5.41) is 1.17. The van der Waals surface area contributed by atoms with Gasteiger partial charge in [0, 0.05) is 18.3 Å². The van der Waals surface area contributed by atoms with Crippen LogP contribution < -0.4 is 0 Å². The number of fused-ring (bicyclic) bond motifs is 1. The number of benzene rings is 1. The van der Waals surface area contributed by atoms with Gasteiger partial charge in [0.25, 0.3) is 0 Å². The van der Waals surface area contributed by atoms with Crippen LogP contribution in [0.2, 0.25) is 0 Å². The first kappa shape index (κ1) is 10.7. The van der Waals surface area contributed by atoms with E-state index in [-0.39, 0.29) is 5.97 Å². The van der Waals surface area contributed by atoms with Gasteiger partial charge >= 0.3 is 5.97 Å². The van der Waals surface area contributed by atoms with Gasteiger partial charge in [-0.1, -0.05) is 6.07 Å². The molecule has 0 atom stereocenters. The van der Waals surface area contributed by atoms with E-state index in [0.29, 0.717) is 6.42 Å². The van der Waals surface area contributed by atoms with Crippen molar-refractivity contribution in [1.82, 2.24) is 4.57 Å². The zero-order chi connectivity index (χ0) is 11.5. The second-order valence-electron chi connectivity index (χ2n) is 3.75. The van der Waals surface area contributed by atoms with E-state index in [2.05, 4.69) is 34.6 Å². The highest BCUT2D eigenvalue weighted by Gasteiger charge is 2.05. The van der Waals surface area contributed by atoms with Gasteiger partial charge in [0.1, 0.15) is 0 Å². The Morgan fingerprint density at radius 3 is 2.88 bits per heavy atom. The number of ether oxygens (including phenoxy) is 1. The minimum absolute atomic E-state index is 0.200. The summed E-state index contributed by atoms with van der Waals surface area (Å²) in [4.78, 5) is 11.2. The molecular formula is C13H15NO2. The maximum absolute atomic E-state index is 11.2. The summed E-state index contributed by atoms with van der Waals surface area (Å²) in [6, 6.07) is 8.14. The Labute approximate surface area is 94.6 Å². The van der Waals surface area contributed by atoms with Crippen LogP contribution in [-0.2, 0) is 22.5 Å². The highest BCUT2D eigenvalue weighted by molar-refractivity contribution is 5.82. The molecule has 0 saturated carbocycles. The Kier molecular flexibility index (Phi) is 2.95. The van der Waals surface area contributed by atoms with Crippen molar-refractivity contribution in [1.29, 1.82) is 0 Å². The molecule has 0 unspecified atom stereocenters. The molecule has 0 N–H and O–H groups in total. The van der Waals surface area contributed by atoms with E-state index in [1.807, 2.05) is 12.1 Å². The molecule has 0 fully saturated rings. The van der Waals surface area contributed by atoms with Crippen LogP contribution in [0.5, 0.6) is 0 Å². The third-order valence-corrected chi connectivity index (χ3v) is 2.75. The standard InChI is InChI=1S/C13H15NO2/c1-3-14-7-6-11-8-10(4-5-12(11)14)9-13(15)16-2/h4-8H,3,9H2,1-2H3. The van der Waals surface area contributed by atoms with Gasteiger partial charge in [0.2, 0.25) is 0 Å². The molecule has 0 aliphatic rings. The molecule has 1 aromatic carbocycles. The number of methoxy groups -OCH3 is 1. The van der Waals surface area contributed by atoms with Gasteiger partial charge in [-0.15, -0.1) is 0 Å². The van der Waals surface area contributed by atoms with E-state index in [9.17, 15) is 4.79 Å². The normalized spacial score (nSPS) is 10.6. The second kappa shape index (κ2) is 4.39. The number of aryl methyl sites for hydroxylation is 1. The van der Waals surface area contributed by atoms with Crippen molar-refractivity contribution in [3.05, 3.63) is 36.0 Å². The first-order chi connectivity index (χ1) is 7.74. The number of nitrogens with zero attached hydrogens (tertiary/aromatic N) is 1. The SMILES string of the molecule is CCn1ccc2cc(CC(=O)OC)ccc21. The molecular weight excluding hydrogens is 202 g/mol. The summed E-state index contributed by atoms with van der Waals surface area (Å²) >= 11 is 0. The summed E-state index contributed by atoms with van der Waals surface area (Å²) in [6.07, 6.45) is 2.40. The Balaban J connectivity index is 2.34. The lowest BCUT2D eigenvalue weighted by atomic mass is 10.1. The van der Waals surface area contributed by atoms with Crippen LogP contribution in [0, 0.1) is 0 Å². The Hall–Kier alpha value is -1.77. The van der Waals surface area contributed by atoms with Crippen molar-refractivity contribution in [3.8, 4) is 0 Å². The predicted octanol–water partition coefficient (Wildman–Crippen LogP) is 2.38. The minimum Gasteiger partial charge on any atom is -0.469 e. The third kappa shape index (κ3) is 1.94. The number of aromatic nitrogens is 1. The second-order valence-corrected chi connectivity index (χ2v) is 3.75. The lowest BCUT2D eigenvalue weighted by Crippen LogP contribution is -2.04. The number of carbonyl (C=O) groups excluding carboxylic acids is 1. The van der Waals surface area contributed by atoms with Crippen molar-refractivity contribution < 1.29 is 9.53 Å². The molecule has 0 bridgehead atoms. The number of hydrogen-bond donors (Lipinski definition) is 0. The highest BCUT2D eigenvalue weighted by atomic mass is 16.5. The van der Waals surface area contributed by atoms with Gasteiger partial charge in [0.05, 0.1) is 13.5 Å². The van der Waals surface area contributed by atoms with Gasteiger partial charge in [0.15, 0.2) is 0 Å². The van der Waals surface area contributed by atoms with Crippen molar-refractivity contribution in [3.63, 3.8) is 0 Å². The fourth-order valence-electron chi connectivity index (χ4n) is 1.87. The van der Waals surface area contributed by atoms with Crippen molar-refractivity contribution in [2.45, 2.75) is 19.9 Å². The molecule has 3 nitrogen and oxygen atoms in total. The van der Waals surface area contributed by atoms with Gasteiger partial charge in [-0.2, -0.15) is 0 Å². The van der Waals surface area contributed by atoms with E-state index in [0.717, 1.165) is 12.1 Å². The topological polar surface area (TPSA) is 31.2 Å². The highest BCUT2D eigenvalue weighted by Crippen LogP contribution is 2.18. The van der Waals surface area contributed by atoms with Crippen LogP contribution in [-0.4, -0.2) is 17.6 Å². The molecule has 0 spiro atoms. The number of carbonyl (C=O) groups is 1. The summed E-state index contributed by atoms with van der Waals surface area (Å²) in [5.74, 6) is -0.200. The third-order valence-electron chi connectivity index (χ3n) is 2.75. The smallest absolute Gasteiger partial charge is 0.309 e. The summed E-state index contributed by atoms with van der Waals surface area (Å²) in [6.45, 7) is 3.07. The molecule has 0 aliphatic carbocycles. The van der Waals surface area contributed by atoms with Crippen LogP contribution in [0.4, 0.5) is 0 Å². The van der Waals surface area contributed by atoms with Crippen molar-refractivity contribution in [2.75, 3.05) is 7.11 Å². The molecule has 3 heteroatoms. The Morgan fingerprint density at radius 2 is 2.19 bits per heavy atom. The molecule has 1 aromatic heterocycles. The molecule has 0 radical (unpaired) electrons. The average molecular weight is 217 g/mol. The molecule has 0 saturated heterocycles. The molecule has 16 heavy (non-hydrogen) atoms. The first-order valence-corrected chi connectivity index (χ1v) is 5.39. The fourth-order valence-corrected chi connectivity index (χ4v) is 1.87. The summed E-state index contributed by atoms with van der Waals surface area (Å²) in [5.41, 5.74) is 2.20. The maximum Gasteiger partial charge on any atom is 0.309 e. The van der Waals surface area contributed by atoms with Gasteiger partial charge in [-0.05, 0) is 36.1 Å². The van der Waals surface area contributed by atoms with Crippen molar-refractivity contribution in [2.24, 2.45) is 0 Å². The van der Waals surface area contributed by atoms with Gasteiger partial charge in [-0.25, -0.2) is 0 Å². The molecule has 2 rings (SSSR count). The molecule has 84 valence electrons.